The zero-order chi connectivity index (χ0) is 30.9. The molecule has 0 saturated carbocycles. The Hall–Kier alpha value is -1.45. The van der Waals surface area contributed by atoms with Gasteiger partial charge in [-0.3, -0.25) is 0 Å². The second-order valence-corrected chi connectivity index (χ2v) is 12.1. The molecule has 1 rings (SSSR count). The molecule has 0 aliphatic rings. The van der Waals surface area contributed by atoms with E-state index in [1.807, 2.05) is 0 Å². The minimum atomic E-state index is -5.01. The third-order valence-corrected chi connectivity index (χ3v) is 7.88. The van der Waals surface area contributed by atoms with Crippen molar-refractivity contribution in [3.05, 3.63) is 53.6 Å². The summed E-state index contributed by atoms with van der Waals surface area (Å²) in [4.78, 5) is 24.8. The van der Waals surface area contributed by atoms with Crippen molar-refractivity contribution in [3.63, 3.8) is 0 Å². The third-order valence-electron chi connectivity index (χ3n) is 7.00. The van der Waals surface area contributed by atoms with Gasteiger partial charge in [0, 0.05) is 0 Å². The smallest absolute Gasteiger partial charge is 0.744 e. The van der Waals surface area contributed by atoms with Gasteiger partial charge in [0.05, 0.1) is 29.2 Å². The molecule has 0 spiro atoms. The van der Waals surface area contributed by atoms with Gasteiger partial charge in [-0.15, -0.1) is 0 Å². The van der Waals surface area contributed by atoms with E-state index in [0.717, 1.165) is 44.6 Å². The van der Waals surface area contributed by atoms with Crippen LogP contribution in [0.1, 0.15) is 150 Å². The van der Waals surface area contributed by atoms with Gasteiger partial charge in [-0.1, -0.05) is 95.6 Å². The second kappa shape index (κ2) is 26.9. The number of carbonyl (C=O) groups is 2. The van der Waals surface area contributed by atoms with Crippen molar-refractivity contribution in [1.82, 2.24) is 0 Å². The van der Waals surface area contributed by atoms with Crippen LogP contribution in [0.5, 0.6) is 0 Å². The van der Waals surface area contributed by atoms with Gasteiger partial charge < -0.3 is 14.0 Å². The summed E-state index contributed by atoms with van der Waals surface area (Å²) >= 11 is 0. The molecule has 0 unspecified atom stereocenters. The molecular weight excluding hydrogens is 575 g/mol. The fourth-order valence-corrected chi connectivity index (χ4v) is 5.22. The second-order valence-electron chi connectivity index (χ2n) is 10.7. The van der Waals surface area contributed by atoms with Gasteiger partial charge in [0.25, 0.3) is 0 Å². The number of carbonyl (C=O) groups excluding carboxylic acids is 2. The number of allylic oxidation sites excluding steroid dienone is 4. The zero-order valence-electron chi connectivity index (χ0n) is 26.9. The van der Waals surface area contributed by atoms with E-state index in [0.29, 0.717) is 12.8 Å². The SMILES string of the molecule is CCCCCCC/C=C/CCCCOC(=O)c1cccc(S(=O)(=O)[O-])c1C(=O)OCCCC/C=C/CCCCCCC.[Na+]. The first kappa shape index (κ1) is 41.5. The van der Waals surface area contributed by atoms with Gasteiger partial charge in [-0.05, 0) is 76.3 Å². The Balaban J connectivity index is 0.0000176. The molecule has 0 fully saturated rings. The topological polar surface area (TPSA) is 110 Å². The van der Waals surface area contributed by atoms with E-state index in [1.165, 1.54) is 76.3 Å². The van der Waals surface area contributed by atoms with Crippen LogP contribution in [0.3, 0.4) is 0 Å². The summed E-state index contributed by atoms with van der Waals surface area (Å²) in [5, 5.41) is 0. The molecule has 0 saturated heterocycles. The summed E-state index contributed by atoms with van der Waals surface area (Å²) in [5.41, 5.74) is -0.830. The molecule has 43 heavy (non-hydrogen) atoms. The van der Waals surface area contributed by atoms with Gasteiger partial charge in [0.1, 0.15) is 10.1 Å². The van der Waals surface area contributed by atoms with Crippen LogP contribution in [0.4, 0.5) is 0 Å². The largest absolute Gasteiger partial charge is 1.00 e. The minimum Gasteiger partial charge on any atom is -0.744 e. The molecule has 0 radical (unpaired) electrons. The van der Waals surface area contributed by atoms with Gasteiger partial charge in [0.2, 0.25) is 0 Å². The number of rotatable bonds is 25. The molecule has 0 aromatic heterocycles. The molecule has 238 valence electrons. The maximum absolute atomic E-state index is 12.8. The van der Waals surface area contributed by atoms with Crippen molar-refractivity contribution >= 4 is 22.1 Å². The van der Waals surface area contributed by atoms with Crippen LogP contribution in [0.2, 0.25) is 0 Å². The Morgan fingerprint density at radius 1 is 0.651 bits per heavy atom. The van der Waals surface area contributed by atoms with E-state index in [-0.39, 0.29) is 48.3 Å². The average molecular weight is 629 g/mol. The van der Waals surface area contributed by atoms with E-state index in [4.69, 9.17) is 9.47 Å². The monoisotopic (exact) mass is 628 g/mol. The molecule has 0 aliphatic heterocycles. The first-order chi connectivity index (χ1) is 20.3. The molecule has 7 nitrogen and oxygen atoms in total. The standard InChI is InChI=1S/C34H54O7S.Na/c1-3-5-7-9-11-13-15-17-19-21-23-28-40-33(35)30-26-25-27-31(42(37,38)39)32(30)34(36)41-29-24-22-20-18-16-14-12-10-8-6-4-2;/h15-18,25-27H,3-14,19-24,28-29H2,1-2H3,(H,37,38,39);/q;+1/p-1/b17-15+,18-16+;. The average Bonchev–Trinajstić information content (AvgIpc) is 2.97. The van der Waals surface area contributed by atoms with Crippen molar-refractivity contribution in [2.75, 3.05) is 13.2 Å². The van der Waals surface area contributed by atoms with Gasteiger partial charge >= 0.3 is 41.5 Å². The number of hydrogen-bond donors (Lipinski definition) is 0. The predicted octanol–water partition coefficient (Wildman–Crippen LogP) is 6.08. The number of hydrogen-bond acceptors (Lipinski definition) is 7. The molecular formula is C34H53NaO7S. The van der Waals surface area contributed by atoms with Gasteiger partial charge in [-0.2, -0.15) is 0 Å². The van der Waals surface area contributed by atoms with Crippen molar-refractivity contribution in [2.45, 2.75) is 134 Å². The summed E-state index contributed by atoms with van der Waals surface area (Å²) in [6, 6.07) is 3.55. The predicted molar refractivity (Wildman–Crippen MR) is 168 cm³/mol. The summed E-state index contributed by atoms with van der Waals surface area (Å²) in [6.45, 7) is 4.59. The Morgan fingerprint density at radius 3 is 1.51 bits per heavy atom. The molecule has 0 aliphatic carbocycles. The summed E-state index contributed by atoms with van der Waals surface area (Å²) in [6.07, 6.45) is 27.9. The van der Waals surface area contributed by atoms with E-state index in [9.17, 15) is 22.6 Å². The quantitative estimate of drug-likeness (QED) is 0.0424. The van der Waals surface area contributed by atoms with E-state index in [2.05, 4.69) is 38.2 Å². The first-order valence-electron chi connectivity index (χ1n) is 16.1. The van der Waals surface area contributed by atoms with Crippen LogP contribution in [0.15, 0.2) is 47.4 Å². The first-order valence-corrected chi connectivity index (χ1v) is 17.5. The van der Waals surface area contributed by atoms with Crippen LogP contribution >= 0.6 is 0 Å². The van der Waals surface area contributed by atoms with Gasteiger partial charge in [0.15, 0.2) is 0 Å². The van der Waals surface area contributed by atoms with Crippen molar-refractivity contribution in [2.24, 2.45) is 0 Å². The fraction of sp³-hybridized carbons (Fsp3) is 0.647. The third kappa shape index (κ3) is 20.3. The van der Waals surface area contributed by atoms with Crippen molar-refractivity contribution < 1.29 is 61.6 Å². The molecule has 0 bridgehead atoms. The fourth-order valence-electron chi connectivity index (χ4n) is 4.53. The van der Waals surface area contributed by atoms with Crippen LogP contribution in [-0.4, -0.2) is 38.1 Å². The van der Waals surface area contributed by atoms with Crippen LogP contribution in [-0.2, 0) is 19.6 Å². The van der Waals surface area contributed by atoms with E-state index >= 15 is 0 Å². The minimum absolute atomic E-state index is 0. The summed E-state index contributed by atoms with van der Waals surface area (Å²) < 4.78 is 46.1. The Kier molecular flexibility index (Phi) is 26.0. The van der Waals surface area contributed by atoms with Gasteiger partial charge in [-0.25, -0.2) is 18.0 Å². The maximum atomic E-state index is 12.8. The van der Waals surface area contributed by atoms with Crippen molar-refractivity contribution in [3.8, 4) is 0 Å². The Morgan fingerprint density at radius 2 is 1.07 bits per heavy atom. The van der Waals surface area contributed by atoms with E-state index < -0.39 is 32.5 Å². The Labute approximate surface area is 283 Å². The molecule has 0 N–H and O–H groups in total. The Bertz CT molecular complexity index is 1050. The van der Waals surface area contributed by atoms with Crippen LogP contribution in [0, 0.1) is 0 Å². The number of unbranched alkanes of at least 4 members (excludes halogenated alkanes) is 14. The molecule has 1 aromatic rings. The molecule has 0 heterocycles. The summed E-state index contributed by atoms with van der Waals surface area (Å²) in [7, 11) is -5.01. The number of benzene rings is 1. The van der Waals surface area contributed by atoms with Crippen LogP contribution < -0.4 is 29.6 Å². The molecule has 1 aromatic carbocycles. The normalized spacial score (nSPS) is 11.6. The molecule has 0 atom stereocenters. The summed E-state index contributed by atoms with van der Waals surface area (Å²) in [5.74, 6) is -1.87. The van der Waals surface area contributed by atoms with Crippen LogP contribution in [0.25, 0.3) is 0 Å². The van der Waals surface area contributed by atoms with Crippen molar-refractivity contribution in [1.29, 1.82) is 0 Å². The molecule has 9 heteroatoms. The number of ether oxygens (including phenoxy) is 2. The number of esters is 2. The maximum Gasteiger partial charge on any atom is 1.00 e. The van der Waals surface area contributed by atoms with E-state index in [1.54, 1.807) is 0 Å². The zero-order valence-corrected chi connectivity index (χ0v) is 29.8. The molecule has 0 amide bonds.